The molecule has 0 fully saturated rings. The Morgan fingerprint density at radius 1 is 1.13 bits per heavy atom. The van der Waals surface area contributed by atoms with Crippen LogP contribution in [0.4, 0.5) is 0 Å². The van der Waals surface area contributed by atoms with E-state index in [-0.39, 0.29) is 12.0 Å². The van der Waals surface area contributed by atoms with Crippen molar-refractivity contribution in [2.75, 3.05) is 13.2 Å². The molecule has 1 aliphatic rings. The topological polar surface area (TPSA) is 64.6 Å². The first-order chi connectivity index (χ1) is 11.0. The molecule has 0 amide bonds. The summed E-state index contributed by atoms with van der Waals surface area (Å²) in [5, 5.41) is 1.75. The minimum Gasteiger partial charge on any atom is -0.486 e. The summed E-state index contributed by atoms with van der Waals surface area (Å²) in [5.41, 5.74) is 0.865. The van der Waals surface area contributed by atoms with E-state index < -0.39 is 10.0 Å². The van der Waals surface area contributed by atoms with Gasteiger partial charge in [-0.3, -0.25) is 0 Å². The molecule has 1 aromatic heterocycles. The van der Waals surface area contributed by atoms with Gasteiger partial charge in [-0.1, -0.05) is 26.0 Å². The summed E-state index contributed by atoms with van der Waals surface area (Å²) < 4.78 is 39.3. The number of benzene rings is 1. The zero-order valence-corrected chi connectivity index (χ0v) is 14.6. The SMILES string of the molecule is CC(C)[C@H](NS(=O)(=O)c1cccs1)c1ccc2c(c1)OCCO2. The number of hydrogen-bond donors (Lipinski definition) is 1. The van der Waals surface area contributed by atoms with Gasteiger partial charge in [0.15, 0.2) is 11.5 Å². The smallest absolute Gasteiger partial charge is 0.250 e. The predicted molar refractivity (Wildman–Crippen MR) is 89.7 cm³/mol. The number of hydrogen-bond acceptors (Lipinski definition) is 5. The van der Waals surface area contributed by atoms with Crippen molar-refractivity contribution in [3.05, 3.63) is 41.3 Å². The van der Waals surface area contributed by atoms with Crippen LogP contribution in [-0.4, -0.2) is 21.6 Å². The molecule has 2 aromatic rings. The van der Waals surface area contributed by atoms with E-state index in [0.717, 1.165) is 5.56 Å². The average molecular weight is 353 g/mol. The van der Waals surface area contributed by atoms with Gasteiger partial charge in [-0.2, -0.15) is 0 Å². The number of nitrogens with one attached hydrogen (secondary N) is 1. The molecule has 2 heterocycles. The van der Waals surface area contributed by atoms with Crippen LogP contribution in [0, 0.1) is 5.92 Å². The maximum atomic E-state index is 12.5. The van der Waals surface area contributed by atoms with Gasteiger partial charge in [0.05, 0.1) is 0 Å². The first kappa shape index (κ1) is 16.3. The third-order valence-electron chi connectivity index (χ3n) is 3.63. The van der Waals surface area contributed by atoms with Crippen molar-refractivity contribution in [3.63, 3.8) is 0 Å². The molecule has 1 atom stereocenters. The van der Waals surface area contributed by atoms with Crippen LogP contribution in [0.1, 0.15) is 25.5 Å². The van der Waals surface area contributed by atoms with Crippen molar-refractivity contribution in [1.82, 2.24) is 4.72 Å². The van der Waals surface area contributed by atoms with Crippen LogP contribution in [0.2, 0.25) is 0 Å². The van der Waals surface area contributed by atoms with Crippen LogP contribution in [0.15, 0.2) is 39.9 Å². The summed E-state index contributed by atoms with van der Waals surface area (Å²) in [4.78, 5) is 0. The fourth-order valence-electron chi connectivity index (χ4n) is 2.48. The second kappa shape index (κ2) is 6.51. The first-order valence-corrected chi connectivity index (χ1v) is 9.79. The van der Waals surface area contributed by atoms with Crippen LogP contribution in [0.3, 0.4) is 0 Å². The molecule has 1 aliphatic heterocycles. The first-order valence-electron chi connectivity index (χ1n) is 7.43. The third-order valence-corrected chi connectivity index (χ3v) is 6.47. The molecular weight excluding hydrogens is 334 g/mol. The molecule has 5 nitrogen and oxygen atoms in total. The Morgan fingerprint density at radius 3 is 2.52 bits per heavy atom. The molecule has 23 heavy (non-hydrogen) atoms. The van der Waals surface area contributed by atoms with Crippen molar-refractivity contribution in [2.45, 2.75) is 24.1 Å². The zero-order chi connectivity index (χ0) is 16.4. The molecular formula is C16H19NO4S2. The maximum Gasteiger partial charge on any atom is 0.250 e. The lowest BCUT2D eigenvalue weighted by molar-refractivity contribution is 0.171. The largest absolute Gasteiger partial charge is 0.486 e. The van der Waals surface area contributed by atoms with Crippen molar-refractivity contribution >= 4 is 21.4 Å². The lowest BCUT2D eigenvalue weighted by Gasteiger charge is -2.25. The van der Waals surface area contributed by atoms with E-state index in [2.05, 4.69) is 4.72 Å². The minimum atomic E-state index is -3.53. The molecule has 0 radical (unpaired) electrons. The fraction of sp³-hybridized carbons (Fsp3) is 0.375. The second-order valence-electron chi connectivity index (χ2n) is 5.68. The van der Waals surface area contributed by atoms with E-state index in [1.165, 1.54) is 11.3 Å². The molecule has 3 rings (SSSR count). The Balaban J connectivity index is 1.90. The van der Waals surface area contributed by atoms with Crippen LogP contribution in [0.5, 0.6) is 11.5 Å². The molecule has 124 valence electrons. The summed E-state index contributed by atoms with van der Waals surface area (Å²) in [7, 11) is -3.53. The van der Waals surface area contributed by atoms with E-state index in [4.69, 9.17) is 9.47 Å². The van der Waals surface area contributed by atoms with Gasteiger partial charge in [0.25, 0.3) is 10.0 Å². The van der Waals surface area contributed by atoms with Crippen molar-refractivity contribution in [2.24, 2.45) is 5.92 Å². The lowest BCUT2D eigenvalue weighted by atomic mass is 9.97. The highest BCUT2D eigenvalue weighted by molar-refractivity contribution is 7.91. The quantitative estimate of drug-likeness (QED) is 0.896. The predicted octanol–water partition coefficient (Wildman–Crippen LogP) is 3.19. The Kier molecular flexibility index (Phi) is 4.61. The Hall–Kier alpha value is -1.57. The maximum absolute atomic E-state index is 12.5. The van der Waals surface area contributed by atoms with E-state index in [9.17, 15) is 8.42 Å². The molecule has 0 aliphatic carbocycles. The summed E-state index contributed by atoms with van der Waals surface area (Å²) >= 11 is 1.21. The second-order valence-corrected chi connectivity index (χ2v) is 8.57. The third kappa shape index (κ3) is 3.52. The Morgan fingerprint density at radius 2 is 1.87 bits per heavy atom. The molecule has 1 N–H and O–H groups in total. The van der Waals surface area contributed by atoms with Gasteiger partial charge in [0, 0.05) is 6.04 Å². The lowest BCUT2D eigenvalue weighted by Crippen LogP contribution is -2.31. The van der Waals surface area contributed by atoms with Crippen molar-refractivity contribution < 1.29 is 17.9 Å². The molecule has 0 bridgehead atoms. The van der Waals surface area contributed by atoms with Gasteiger partial charge in [0.2, 0.25) is 0 Å². The Labute approximate surface area is 140 Å². The van der Waals surface area contributed by atoms with E-state index >= 15 is 0 Å². The van der Waals surface area contributed by atoms with Gasteiger partial charge >= 0.3 is 0 Å². The van der Waals surface area contributed by atoms with Gasteiger partial charge in [-0.05, 0) is 35.1 Å². The molecule has 7 heteroatoms. The van der Waals surface area contributed by atoms with Crippen LogP contribution in [-0.2, 0) is 10.0 Å². The summed E-state index contributed by atoms with van der Waals surface area (Å²) in [6.07, 6.45) is 0. The summed E-state index contributed by atoms with van der Waals surface area (Å²) in [6.45, 7) is 5.01. The van der Waals surface area contributed by atoms with Gasteiger partial charge in [-0.15, -0.1) is 11.3 Å². The highest BCUT2D eigenvalue weighted by Crippen LogP contribution is 2.35. The summed E-state index contributed by atoms with van der Waals surface area (Å²) in [6, 6.07) is 8.57. The number of thiophene rings is 1. The number of sulfonamides is 1. The molecule has 0 unspecified atom stereocenters. The number of fused-ring (bicyclic) bond motifs is 1. The molecule has 1 aromatic carbocycles. The highest BCUT2D eigenvalue weighted by Gasteiger charge is 2.26. The fourth-order valence-corrected chi connectivity index (χ4v) is 4.87. The van der Waals surface area contributed by atoms with Gasteiger partial charge in [-0.25, -0.2) is 13.1 Å². The van der Waals surface area contributed by atoms with E-state index in [1.807, 2.05) is 32.0 Å². The molecule has 0 saturated carbocycles. The highest BCUT2D eigenvalue weighted by atomic mass is 32.2. The van der Waals surface area contributed by atoms with Crippen LogP contribution in [0.25, 0.3) is 0 Å². The normalized spacial score (nSPS) is 15.6. The van der Waals surface area contributed by atoms with Crippen molar-refractivity contribution in [3.8, 4) is 11.5 Å². The van der Waals surface area contributed by atoms with Gasteiger partial charge < -0.3 is 9.47 Å². The number of ether oxygens (including phenoxy) is 2. The molecule has 0 spiro atoms. The van der Waals surface area contributed by atoms with E-state index in [0.29, 0.717) is 28.9 Å². The van der Waals surface area contributed by atoms with Gasteiger partial charge in [0.1, 0.15) is 17.4 Å². The number of rotatable bonds is 5. The van der Waals surface area contributed by atoms with E-state index in [1.54, 1.807) is 17.5 Å². The zero-order valence-electron chi connectivity index (χ0n) is 13.0. The van der Waals surface area contributed by atoms with Crippen LogP contribution >= 0.6 is 11.3 Å². The standard InChI is InChI=1S/C16H19NO4S2/c1-11(2)16(17-23(18,19)15-4-3-9-22-15)12-5-6-13-14(10-12)21-8-7-20-13/h3-6,9-11,16-17H,7-8H2,1-2H3/t16-/m0/s1. The Bertz CT molecular complexity index is 769. The van der Waals surface area contributed by atoms with Crippen LogP contribution < -0.4 is 14.2 Å². The summed E-state index contributed by atoms with van der Waals surface area (Å²) in [5.74, 6) is 1.45. The molecule has 0 saturated heterocycles. The average Bonchev–Trinajstić information content (AvgIpc) is 3.07. The van der Waals surface area contributed by atoms with Crippen molar-refractivity contribution in [1.29, 1.82) is 0 Å². The monoisotopic (exact) mass is 353 g/mol. The minimum absolute atomic E-state index is 0.0901.